The molecule has 0 amide bonds. The van der Waals surface area contributed by atoms with Gasteiger partial charge < -0.3 is 5.73 Å². The number of para-hydroxylation sites is 1. The van der Waals surface area contributed by atoms with E-state index in [0.717, 1.165) is 25.3 Å². The Morgan fingerprint density at radius 2 is 1.81 bits per heavy atom. The summed E-state index contributed by atoms with van der Waals surface area (Å²) >= 11 is 5.04. The molecule has 21 heavy (non-hydrogen) atoms. The highest BCUT2D eigenvalue weighted by molar-refractivity contribution is 9.10. The average Bonchev–Trinajstić information content (AvgIpc) is 2.48. The Labute approximate surface area is 135 Å². The second kappa shape index (κ2) is 5.87. The molecule has 0 unspecified atom stereocenters. The number of fused-ring (bicyclic) bond motifs is 1. The smallest absolute Gasteiger partial charge is 0.125 e. The fourth-order valence-electron chi connectivity index (χ4n) is 2.00. The second-order valence-electron chi connectivity index (χ2n) is 4.48. The predicted octanol–water partition coefficient (Wildman–Crippen LogP) is 4.43. The minimum Gasteiger partial charge on any atom is -0.384 e. The van der Waals surface area contributed by atoms with E-state index in [1.165, 1.54) is 11.8 Å². The fraction of sp³-hybridized carbons (Fsp3) is 0. The molecule has 0 saturated heterocycles. The molecule has 1 aromatic heterocycles. The number of pyridine rings is 1. The summed E-state index contributed by atoms with van der Waals surface area (Å²) in [6.07, 6.45) is 0. The number of benzene rings is 2. The molecule has 3 aromatic rings. The molecule has 104 valence electrons. The first-order valence-electron chi connectivity index (χ1n) is 6.32. The van der Waals surface area contributed by atoms with E-state index in [0.29, 0.717) is 5.56 Å². The van der Waals surface area contributed by atoms with Gasteiger partial charge in [0.1, 0.15) is 10.9 Å². The first kappa shape index (κ1) is 14.1. The summed E-state index contributed by atoms with van der Waals surface area (Å²) in [7, 11) is 0. The molecular weight excluding hydrogens is 346 g/mol. The first-order valence-corrected chi connectivity index (χ1v) is 7.92. The summed E-state index contributed by atoms with van der Waals surface area (Å²) in [5.41, 5.74) is 7.28. The largest absolute Gasteiger partial charge is 0.384 e. The molecular formula is C16H12BrN3S. The highest BCUT2D eigenvalue weighted by atomic mass is 79.9. The maximum atomic E-state index is 7.78. The third-order valence-corrected chi connectivity index (χ3v) is 5.06. The lowest BCUT2D eigenvalue weighted by Gasteiger charge is -2.10. The van der Waals surface area contributed by atoms with Gasteiger partial charge in [0, 0.05) is 20.3 Å². The second-order valence-corrected chi connectivity index (χ2v) is 6.36. The summed E-state index contributed by atoms with van der Waals surface area (Å²) in [6.45, 7) is 0. The van der Waals surface area contributed by atoms with Gasteiger partial charge in [-0.1, -0.05) is 42.1 Å². The van der Waals surface area contributed by atoms with E-state index < -0.39 is 0 Å². The summed E-state index contributed by atoms with van der Waals surface area (Å²) in [4.78, 5) is 5.70. The Bertz CT molecular complexity index is 833. The molecule has 5 heteroatoms. The van der Waals surface area contributed by atoms with Gasteiger partial charge in [-0.05, 0) is 40.2 Å². The van der Waals surface area contributed by atoms with E-state index in [1.54, 1.807) is 0 Å². The number of amidine groups is 1. The Balaban J connectivity index is 2.14. The number of nitrogens with zero attached hydrogens (tertiary/aromatic N) is 1. The van der Waals surface area contributed by atoms with Crippen LogP contribution < -0.4 is 5.73 Å². The number of halogens is 1. The van der Waals surface area contributed by atoms with Crippen LogP contribution in [-0.4, -0.2) is 10.8 Å². The lowest BCUT2D eigenvalue weighted by Crippen LogP contribution is -2.13. The van der Waals surface area contributed by atoms with Crippen LogP contribution >= 0.6 is 27.7 Å². The van der Waals surface area contributed by atoms with Crippen LogP contribution in [0.25, 0.3) is 10.9 Å². The molecule has 0 fully saturated rings. The van der Waals surface area contributed by atoms with Gasteiger partial charge in [-0.15, -0.1) is 0 Å². The van der Waals surface area contributed by atoms with Crippen molar-refractivity contribution in [2.75, 3.05) is 0 Å². The van der Waals surface area contributed by atoms with Crippen molar-refractivity contribution < 1.29 is 0 Å². The standard InChI is InChI=1S/C16H12BrN3S/c17-12-6-2-4-8-14(12)21-16-11(15(18)19)9-10-5-1-3-7-13(10)20-16/h1-9H,(H3,18,19). The quantitative estimate of drug-likeness (QED) is 0.538. The monoisotopic (exact) mass is 357 g/mol. The third kappa shape index (κ3) is 2.94. The van der Waals surface area contributed by atoms with Crippen molar-refractivity contribution in [3.63, 3.8) is 0 Å². The highest BCUT2D eigenvalue weighted by Gasteiger charge is 2.12. The number of hydrogen-bond donors (Lipinski definition) is 2. The van der Waals surface area contributed by atoms with Crippen LogP contribution in [0.3, 0.4) is 0 Å². The van der Waals surface area contributed by atoms with Gasteiger partial charge in [-0.25, -0.2) is 4.98 Å². The molecule has 0 saturated carbocycles. The normalized spacial score (nSPS) is 10.7. The van der Waals surface area contributed by atoms with E-state index in [1.807, 2.05) is 54.6 Å². The zero-order chi connectivity index (χ0) is 14.8. The summed E-state index contributed by atoms with van der Waals surface area (Å²) in [5.74, 6) is 0.0304. The van der Waals surface area contributed by atoms with E-state index in [9.17, 15) is 0 Å². The number of aromatic nitrogens is 1. The van der Waals surface area contributed by atoms with Crippen LogP contribution in [0, 0.1) is 5.41 Å². The van der Waals surface area contributed by atoms with E-state index in [4.69, 9.17) is 11.1 Å². The van der Waals surface area contributed by atoms with Crippen molar-refractivity contribution in [2.24, 2.45) is 5.73 Å². The number of nitrogen functional groups attached to an aromatic ring is 1. The lowest BCUT2D eigenvalue weighted by molar-refractivity contribution is 1.16. The van der Waals surface area contributed by atoms with Crippen LogP contribution in [0.1, 0.15) is 5.56 Å². The Morgan fingerprint density at radius 3 is 2.57 bits per heavy atom. The van der Waals surface area contributed by atoms with Crippen LogP contribution in [0.5, 0.6) is 0 Å². The summed E-state index contributed by atoms with van der Waals surface area (Å²) < 4.78 is 1.000. The fourth-order valence-corrected chi connectivity index (χ4v) is 3.47. The summed E-state index contributed by atoms with van der Waals surface area (Å²) in [5, 5.41) is 9.51. The van der Waals surface area contributed by atoms with Crippen LogP contribution in [0.2, 0.25) is 0 Å². The molecule has 0 aliphatic rings. The maximum absolute atomic E-state index is 7.78. The molecule has 0 spiro atoms. The SMILES string of the molecule is N=C(N)c1cc2ccccc2nc1Sc1ccccc1Br. The Hall–Kier alpha value is -1.85. The van der Waals surface area contributed by atoms with Gasteiger partial charge >= 0.3 is 0 Å². The van der Waals surface area contributed by atoms with Gasteiger partial charge in [0.2, 0.25) is 0 Å². The van der Waals surface area contributed by atoms with Crippen molar-refractivity contribution in [3.8, 4) is 0 Å². The number of nitrogens with one attached hydrogen (secondary N) is 1. The topological polar surface area (TPSA) is 62.8 Å². The molecule has 3 nitrogen and oxygen atoms in total. The van der Waals surface area contributed by atoms with E-state index in [-0.39, 0.29) is 5.84 Å². The summed E-state index contributed by atoms with van der Waals surface area (Å²) in [6, 6.07) is 17.7. The lowest BCUT2D eigenvalue weighted by atomic mass is 10.1. The molecule has 1 heterocycles. The van der Waals surface area contributed by atoms with Crippen molar-refractivity contribution in [1.82, 2.24) is 4.98 Å². The first-order chi connectivity index (χ1) is 10.1. The number of rotatable bonds is 3. The predicted molar refractivity (Wildman–Crippen MR) is 91.0 cm³/mol. The van der Waals surface area contributed by atoms with E-state index in [2.05, 4.69) is 20.9 Å². The van der Waals surface area contributed by atoms with Gasteiger partial charge in [-0.2, -0.15) is 0 Å². The molecule has 0 radical (unpaired) electrons. The van der Waals surface area contributed by atoms with Crippen molar-refractivity contribution in [3.05, 3.63) is 64.6 Å². The van der Waals surface area contributed by atoms with Gasteiger partial charge in [0.05, 0.1) is 5.52 Å². The molecule has 0 aliphatic carbocycles. The highest BCUT2D eigenvalue weighted by Crippen LogP contribution is 2.35. The molecule has 0 aliphatic heterocycles. The van der Waals surface area contributed by atoms with Gasteiger partial charge in [-0.3, -0.25) is 5.41 Å². The van der Waals surface area contributed by atoms with Crippen molar-refractivity contribution in [1.29, 1.82) is 5.41 Å². The zero-order valence-corrected chi connectivity index (χ0v) is 13.4. The molecule has 3 N–H and O–H groups in total. The van der Waals surface area contributed by atoms with Gasteiger partial charge in [0.25, 0.3) is 0 Å². The Morgan fingerprint density at radius 1 is 1.10 bits per heavy atom. The number of hydrogen-bond acceptors (Lipinski definition) is 3. The van der Waals surface area contributed by atoms with E-state index >= 15 is 0 Å². The van der Waals surface area contributed by atoms with Crippen molar-refractivity contribution >= 4 is 44.4 Å². The van der Waals surface area contributed by atoms with Crippen molar-refractivity contribution in [2.45, 2.75) is 9.92 Å². The van der Waals surface area contributed by atoms with Crippen LogP contribution in [0.4, 0.5) is 0 Å². The van der Waals surface area contributed by atoms with Crippen LogP contribution in [-0.2, 0) is 0 Å². The van der Waals surface area contributed by atoms with Crippen LogP contribution in [0.15, 0.2) is 69.0 Å². The number of nitrogens with two attached hydrogens (primary N) is 1. The van der Waals surface area contributed by atoms with Gasteiger partial charge in [0.15, 0.2) is 0 Å². The average molecular weight is 358 g/mol. The molecule has 0 atom stereocenters. The molecule has 2 aromatic carbocycles. The molecule has 0 bridgehead atoms. The molecule has 3 rings (SSSR count). The maximum Gasteiger partial charge on any atom is 0.125 e. The Kier molecular flexibility index (Phi) is 3.94. The minimum atomic E-state index is 0.0304. The minimum absolute atomic E-state index is 0.0304. The zero-order valence-electron chi connectivity index (χ0n) is 11.0. The third-order valence-electron chi connectivity index (χ3n) is 3.02.